The van der Waals surface area contributed by atoms with Crippen LogP contribution in [0.3, 0.4) is 0 Å². The minimum absolute atomic E-state index is 0.315. The largest absolute Gasteiger partial charge is 0.481 e. The Balaban J connectivity index is 1.85. The van der Waals surface area contributed by atoms with Gasteiger partial charge >= 0.3 is 12.0 Å². The van der Waals surface area contributed by atoms with E-state index < -0.39 is 42.2 Å². The quantitative estimate of drug-likeness (QED) is 0.533. The molecule has 2 atom stereocenters. The molecule has 3 rings (SSSR count). The van der Waals surface area contributed by atoms with Gasteiger partial charge in [0.15, 0.2) is 11.8 Å². The van der Waals surface area contributed by atoms with Gasteiger partial charge < -0.3 is 20.6 Å². The third-order valence-electron chi connectivity index (χ3n) is 5.14. The molecule has 0 aromatic heterocycles. The van der Waals surface area contributed by atoms with Crippen molar-refractivity contribution >= 4 is 46.9 Å². The van der Waals surface area contributed by atoms with Crippen molar-refractivity contribution in [3.63, 3.8) is 0 Å². The minimum atomic E-state index is -1.39. The Bertz CT molecular complexity index is 1160. The van der Waals surface area contributed by atoms with E-state index in [0.717, 1.165) is 0 Å². The SMILES string of the molecule is CC1=CN(C)C(=O)C(NC(=O)NC(CC(=O)O)c2cccc(-c3cccc(Cl)c3Cl)c2)C1=O. The molecule has 0 aliphatic carbocycles. The van der Waals surface area contributed by atoms with Crippen LogP contribution in [0.5, 0.6) is 0 Å². The topological polar surface area (TPSA) is 116 Å². The van der Waals surface area contributed by atoms with Crippen molar-refractivity contribution in [1.82, 2.24) is 15.5 Å². The number of carboxylic acids is 1. The summed E-state index contributed by atoms with van der Waals surface area (Å²) in [5.74, 6) is -2.26. The maximum atomic E-state index is 12.6. The van der Waals surface area contributed by atoms with Gasteiger partial charge in [-0.3, -0.25) is 14.4 Å². The van der Waals surface area contributed by atoms with Crippen molar-refractivity contribution in [2.24, 2.45) is 0 Å². The molecule has 0 saturated carbocycles. The fourth-order valence-electron chi connectivity index (χ4n) is 3.50. The molecule has 0 saturated heterocycles. The molecular weight excluding hydrogens is 469 g/mol. The molecule has 10 heteroatoms. The number of ketones is 1. The van der Waals surface area contributed by atoms with Gasteiger partial charge in [0.05, 0.1) is 22.5 Å². The molecule has 3 amide bonds. The highest BCUT2D eigenvalue weighted by Gasteiger charge is 2.35. The van der Waals surface area contributed by atoms with Crippen LogP contribution in [-0.2, 0) is 14.4 Å². The van der Waals surface area contributed by atoms with Gasteiger partial charge in [0.1, 0.15) is 0 Å². The number of urea groups is 1. The van der Waals surface area contributed by atoms with Gasteiger partial charge in [0, 0.05) is 24.4 Å². The molecule has 0 spiro atoms. The number of likely N-dealkylation sites (N-methyl/N-ethyl adjacent to an activating group) is 1. The van der Waals surface area contributed by atoms with Gasteiger partial charge in [-0.2, -0.15) is 0 Å². The smallest absolute Gasteiger partial charge is 0.316 e. The number of benzene rings is 2. The number of amides is 3. The summed E-state index contributed by atoms with van der Waals surface area (Å²) in [6.07, 6.45) is 0.964. The zero-order valence-corrected chi connectivity index (χ0v) is 19.3. The summed E-state index contributed by atoms with van der Waals surface area (Å²) in [4.78, 5) is 50.0. The number of Topliss-reactive ketones (excluding diaryl/α,β-unsaturated/α-hetero) is 1. The molecule has 0 radical (unpaired) electrons. The number of hydrogen-bond donors (Lipinski definition) is 3. The summed E-state index contributed by atoms with van der Waals surface area (Å²) < 4.78 is 0. The van der Waals surface area contributed by atoms with Crippen molar-refractivity contribution in [1.29, 1.82) is 0 Å². The average molecular weight is 490 g/mol. The number of hydrogen-bond acceptors (Lipinski definition) is 4. The van der Waals surface area contributed by atoms with Crippen LogP contribution in [0, 0.1) is 0 Å². The lowest BCUT2D eigenvalue weighted by Gasteiger charge is -2.27. The second-order valence-electron chi connectivity index (χ2n) is 7.55. The third kappa shape index (κ3) is 5.53. The number of nitrogens with one attached hydrogen (secondary N) is 2. The van der Waals surface area contributed by atoms with Gasteiger partial charge in [0.25, 0.3) is 5.91 Å². The molecule has 1 aliphatic rings. The first-order chi connectivity index (χ1) is 15.6. The van der Waals surface area contributed by atoms with Crippen LogP contribution < -0.4 is 10.6 Å². The fraction of sp³-hybridized carbons (Fsp3) is 0.217. The summed E-state index contributed by atoms with van der Waals surface area (Å²) in [6.45, 7) is 1.54. The van der Waals surface area contributed by atoms with Crippen molar-refractivity contribution in [3.8, 4) is 11.1 Å². The van der Waals surface area contributed by atoms with Crippen molar-refractivity contribution in [2.45, 2.75) is 25.4 Å². The molecule has 1 heterocycles. The first-order valence-electron chi connectivity index (χ1n) is 9.91. The second kappa shape index (κ2) is 10.1. The first-order valence-corrected chi connectivity index (χ1v) is 10.7. The Morgan fingerprint density at radius 3 is 2.55 bits per heavy atom. The van der Waals surface area contributed by atoms with Gasteiger partial charge in [-0.15, -0.1) is 0 Å². The summed E-state index contributed by atoms with van der Waals surface area (Å²) >= 11 is 12.4. The standard InChI is InChI=1S/C23H21Cl2N3O5/c1-12-11-28(2)22(32)20(21(12)31)27-23(33)26-17(10-18(29)30)14-6-3-5-13(9-14)15-7-4-8-16(24)19(15)25/h3-9,11,17,20H,10H2,1-2H3,(H,29,30)(H2,26,27,33). The van der Waals surface area contributed by atoms with E-state index in [1.807, 2.05) is 0 Å². The maximum Gasteiger partial charge on any atom is 0.316 e. The zero-order valence-electron chi connectivity index (χ0n) is 17.8. The third-order valence-corrected chi connectivity index (χ3v) is 5.96. The molecular formula is C23H21Cl2N3O5. The molecule has 3 N–H and O–H groups in total. The molecule has 2 aromatic rings. The van der Waals surface area contributed by atoms with Crippen LogP contribution in [0.2, 0.25) is 10.0 Å². The van der Waals surface area contributed by atoms with E-state index in [9.17, 15) is 24.3 Å². The second-order valence-corrected chi connectivity index (χ2v) is 8.34. The van der Waals surface area contributed by atoms with E-state index in [4.69, 9.17) is 23.2 Å². The summed E-state index contributed by atoms with van der Waals surface area (Å²) in [7, 11) is 1.48. The number of nitrogens with zero attached hydrogens (tertiary/aromatic N) is 1. The van der Waals surface area contributed by atoms with E-state index in [1.165, 1.54) is 25.1 Å². The highest BCUT2D eigenvalue weighted by Crippen LogP contribution is 2.34. The molecule has 1 aliphatic heterocycles. The predicted octanol–water partition coefficient (Wildman–Crippen LogP) is 3.79. The highest BCUT2D eigenvalue weighted by atomic mass is 35.5. The maximum absolute atomic E-state index is 12.6. The predicted molar refractivity (Wildman–Crippen MR) is 124 cm³/mol. The number of carbonyl (C=O) groups excluding carboxylic acids is 3. The van der Waals surface area contributed by atoms with Gasteiger partial charge in [-0.25, -0.2) is 4.79 Å². The van der Waals surface area contributed by atoms with E-state index in [0.29, 0.717) is 32.3 Å². The monoisotopic (exact) mass is 489 g/mol. The Kier molecular flexibility index (Phi) is 7.40. The summed E-state index contributed by atoms with van der Waals surface area (Å²) in [5.41, 5.74) is 2.14. The number of rotatable bonds is 6. The molecule has 2 unspecified atom stereocenters. The summed E-state index contributed by atoms with van der Waals surface area (Å²) in [5, 5.41) is 15.0. The lowest BCUT2D eigenvalue weighted by Crippen LogP contribution is -2.56. The molecule has 0 bridgehead atoms. The van der Waals surface area contributed by atoms with Crippen LogP contribution in [0.1, 0.15) is 24.9 Å². The van der Waals surface area contributed by atoms with Crippen LogP contribution in [0.25, 0.3) is 11.1 Å². The van der Waals surface area contributed by atoms with Crippen LogP contribution >= 0.6 is 23.2 Å². The van der Waals surface area contributed by atoms with E-state index in [1.54, 1.807) is 42.5 Å². The molecule has 2 aromatic carbocycles. The minimum Gasteiger partial charge on any atom is -0.481 e. The van der Waals surface area contributed by atoms with Crippen LogP contribution in [0.4, 0.5) is 4.79 Å². The Hall–Kier alpha value is -3.36. The zero-order chi connectivity index (χ0) is 24.3. The normalized spacial score (nSPS) is 16.8. The lowest BCUT2D eigenvalue weighted by atomic mass is 9.97. The number of halogens is 2. The van der Waals surface area contributed by atoms with Crippen LogP contribution in [-0.4, -0.2) is 46.8 Å². The average Bonchev–Trinajstić information content (AvgIpc) is 2.76. The van der Waals surface area contributed by atoms with E-state index >= 15 is 0 Å². The fourth-order valence-corrected chi connectivity index (χ4v) is 3.91. The molecule has 8 nitrogen and oxygen atoms in total. The molecule has 172 valence electrons. The highest BCUT2D eigenvalue weighted by molar-refractivity contribution is 6.43. The summed E-state index contributed by atoms with van der Waals surface area (Å²) in [6, 6.07) is 8.83. The van der Waals surface area contributed by atoms with Crippen molar-refractivity contribution in [2.75, 3.05) is 7.05 Å². The molecule has 33 heavy (non-hydrogen) atoms. The van der Waals surface area contributed by atoms with Crippen LogP contribution in [0.15, 0.2) is 54.2 Å². The molecule has 0 fully saturated rings. The first kappa shape index (κ1) is 24.3. The number of carbonyl (C=O) groups is 4. The van der Waals surface area contributed by atoms with Gasteiger partial charge in [-0.05, 0) is 30.2 Å². The Morgan fingerprint density at radius 2 is 1.85 bits per heavy atom. The lowest BCUT2D eigenvalue weighted by molar-refractivity contribution is -0.138. The van der Waals surface area contributed by atoms with E-state index in [2.05, 4.69) is 10.6 Å². The number of aliphatic carboxylic acids is 1. The van der Waals surface area contributed by atoms with E-state index in [-0.39, 0.29) is 0 Å². The number of carboxylic acid groups (broad SMARTS) is 1. The Morgan fingerprint density at radius 1 is 1.15 bits per heavy atom. The Labute approximate surface area is 200 Å². The van der Waals surface area contributed by atoms with Gasteiger partial charge in [-0.1, -0.05) is 53.5 Å². The van der Waals surface area contributed by atoms with Crippen molar-refractivity contribution in [3.05, 3.63) is 69.8 Å². The van der Waals surface area contributed by atoms with Crippen molar-refractivity contribution < 1.29 is 24.3 Å². The van der Waals surface area contributed by atoms with Gasteiger partial charge in [0.2, 0.25) is 0 Å².